The van der Waals surface area contributed by atoms with Crippen LogP contribution in [0, 0.1) is 0 Å². The molecule has 1 saturated heterocycles. The van der Waals surface area contributed by atoms with E-state index in [2.05, 4.69) is 28.5 Å². The van der Waals surface area contributed by atoms with Crippen molar-refractivity contribution in [1.29, 1.82) is 0 Å². The summed E-state index contributed by atoms with van der Waals surface area (Å²) < 4.78 is 7.57. The topological polar surface area (TPSA) is 72.3 Å². The first-order valence-electron chi connectivity index (χ1n) is 7.73. The zero-order valence-electron chi connectivity index (χ0n) is 13.3. The van der Waals surface area contributed by atoms with Gasteiger partial charge in [0, 0.05) is 18.5 Å². The Morgan fingerprint density at radius 2 is 2.48 bits per heavy atom. The number of carbonyl (C=O) groups excluding carboxylic acids is 1. The predicted octanol–water partition coefficient (Wildman–Crippen LogP) is 2.11. The first kappa shape index (κ1) is 15.9. The van der Waals surface area contributed by atoms with E-state index in [1.807, 2.05) is 23.1 Å². The molecule has 23 heavy (non-hydrogen) atoms. The van der Waals surface area contributed by atoms with Gasteiger partial charge in [0.2, 0.25) is 0 Å². The largest absolute Gasteiger partial charge is 0.366 e. The number of hydrogen-bond donors (Lipinski definition) is 1. The van der Waals surface area contributed by atoms with Crippen LogP contribution in [0.5, 0.6) is 0 Å². The molecule has 1 fully saturated rings. The molecule has 2 atom stereocenters. The van der Waals surface area contributed by atoms with E-state index in [9.17, 15) is 4.79 Å². The maximum Gasteiger partial charge on any atom is 0.318 e. The van der Waals surface area contributed by atoms with Gasteiger partial charge in [-0.3, -0.25) is 0 Å². The Labute approximate surface area is 139 Å². The maximum absolute atomic E-state index is 12.6. The molecule has 0 saturated carbocycles. The van der Waals surface area contributed by atoms with E-state index in [4.69, 9.17) is 4.74 Å². The highest BCUT2D eigenvalue weighted by Crippen LogP contribution is 2.23. The molecule has 0 aromatic carbocycles. The van der Waals surface area contributed by atoms with Crippen molar-refractivity contribution in [2.75, 3.05) is 19.7 Å². The molecule has 0 radical (unpaired) electrons. The van der Waals surface area contributed by atoms with Gasteiger partial charge < -0.3 is 19.5 Å². The number of thiophene rings is 1. The summed E-state index contributed by atoms with van der Waals surface area (Å²) >= 11 is 1.67. The predicted molar refractivity (Wildman–Crippen MR) is 87.2 cm³/mol. The SMILES string of the molecule is CC[C@H](NC(=O)N1CCO[C@H](c2nncn2C)C1)c1cccs1. The first-order chi connectivity index (χ1) is 11.2. The Bertz CT molecular complexity index is 642. The molecule has 8 heteroatoms. The van der Waals surface area contributed by atoms with Crippen LogP contribution in [0.4, 0.5) is 4.79 Å². The quantitative estimate of drug-likeness (QED) is 0.929. The minimum Gasteiger partial charge on any atom is -0.366 e. The lowest BCUT2D eigenvalue weighted by atomic mass is 10.2. The van der Waals surface area contributed by atoms with Crippen LogP contribution in [-0.4, -0.2) is 45.4 Å². The number of nitrogens with zero attached hydrogens (tertiary/aromatic N) is 4. The van der Waals surface area contributed by atoms with Crippen LogP contribution in [0.2, 0.25) is 0 Å². The minimum atomic E-state index is -0.233. The van der Waals surface area contributed by atoms with Gasteiger partial charge in [0.25, 0.3) is 0 Å². The van der Waals surface area contributed by atoms with Gasteiger partial charge in [-0.25, -0.2) is 4.79 Å². The van der Waals surface area contributed by atoms with Crippen molar-refractivity contribution in [1.82, 2.24) is 25.0 Å². The van der Waals surface area contributed by atoms with Crippen LogP contribution >= 0.6 is 11.3 Å². The monoisotopic (exact) mass is 335 g/mol. The number of nitrogens with one attached hydrogen (secondary N) is 1. The Balaban J connectivity index is 1.64. The third-order valence-electron chi connectivity index (χ3n) is 3.98. The molecule has 124 valence electrons. The Hall–Kier alpha value is -1.93. The van der Waals surface area contributed by atoms with Gasteiger partial charge in [-0.15, -0.1) is 21.5 Å². The summed E-state index contributed by atoms with van der Waals surface area (Å²) in [4.78, 5) is 15.6. The number of aromatic nitrogens is 3. The molecular formula is C15H21N5O2S. The van der Waals surface area contributed by atoms with Crippen molar-refractivity contribution in [2.24, 2.45) is 7.05 Å². The van der Waals surface area contributed by atoms with Gasteiger partial charge in [0.05, 0.1) is 19.2 Å². The van der Waals surface area contributed by atoms with Gasteiger partial charge in [-0.1, -0.05) is 13.0 Å². The fourth-order valence-corrected chi connectivity index (χ4v) is 3.54. The molecule has 1 aliphatic rings. The lowest BCUT2D eigenvalue weighted by Gasteiger charge is -2.33. The zero-order valence-corrected chi connectivity index (χ0v) is 14.1. The van der Waals surface area contributed by atoms with Crippen LogP contribution in [0.3, 0.4) is 0 Å². The van der Waals surface area contributed by atoms with Crippen molar-refractivity contribution in [3.63, 3.8) is 0 Å². The van der Waals surface area contributed by atoms with Gasteiger partial charge in [0.1, 0.15) is 12.4 Å². The molecule has 1 N–H and O–H groups in total. The Morgan fingerprint density at radius 3 is 3.13 bits per heavy atom. The zero-order chi connectivity index (χ0) is 16.2. The van der Waals surface area contributed by atoms with Crippen molar-refractivity contribution in [3.05, 3.63) is 34.5 Å². The summed E-state index contributed by atoms with van der Waals surface area (Å²) in [7, 11) is 1.88. The second kappa shape index (κ2) is 7.10. The highest BCUT2D eigenvalue weighted by molar-refractivity contribution is 7.10. The molecule has 0 bridgehead atoms. The molecule has 2 amide bonds. The summed E-state index contributed by atoms with van der Waals surface area (Å²) in [5.41, 5.74) is 0. The number of aryl methyl sites for hydroxylation is 1. The molecular weight excluding hydrogens is 314 g/mol. The number of morpholine rings is 1. The summed E-state index contributed by atoms with van der Waals surface area (Å²) in [6.45, 7) is 3.65. The van der Waals surface area contributed by atoms with E-state index < -0.39 is 0 Å². The smallest absolute Gasteiger partial charge is 0.318 e. The van der Waals surface area contributed by atoms with Crippen LogP contribution in [0.1, 0.15) is 36.2 Å². The van der Waals surface area contributed by atoms with Crippen LogP contribution in [-0.2, 0) is 11.8 Å². The molecule has 2 aromatic rings. The second-order valence-electron chi connectivity index (χ2n) is 5.53. The molecule has 2 aromatic heterocycles. The summed E-state index contributed by atoms with van der Waals surface area (Å²) in [6.07, 6.45) is 2.27. The second-order valence-corrected chi connectivity index (χ2v) is 6.51. The third-order valence-corrected chi connectivity index (χ3v) is 4.97. The molecule has 3 heterocycles. The maximum atomic E-state index is 12.6. The molecule has 0 spiro atoms. The average molecular weight is 335 g/mol. The number of rotatable bonds is 4. The van der Waals surface area contributed by atoms with E-state index >= 15 is 0 Å². The average Bonchev–Trinajstić information content (AvgIpc) is 3.24. The van der Waals surface area contributed by atoms with Gasteiger partial charge in [-0.2, -0.15) is 0 Å². The van der Waals surface area contributed by atoms with E-state index in [0.717, 1.165) is 12.2 Å². The Kier molecular flexibility index (Phi) is 4.92. The van der Waals surface area contributed by atoms with E-state index in [0.29, 0.717) is 19.7 Å². The number of urea groups is 1. The van der Waals surface area contributed by atoms with Crippen molar-refractivity contribution in [3.8, 4) is 0 Å². The highest BCUT2D eigenvalue weighted by Gasteiger charge is 2.29. The van der Waals surface area contributed by atoms with Crippen molar-refractivity contribution >= 4 is 17.4 Å². The molecule has 0 aliphatic carbocycles. The van der Waals surface area contributed by atoms with Crippen molar-refractivity contribution in [2.45, 2.75) is 25.5 Å². The van der Waals surface area contributed by atoms with Crippen LogP contribution in [0.25, 0.3) is 0 Å². The van der Waals surface area contributed by atoms with Crippen LogP contribution < -0.4 is 5.32 Å². The standard InChI is InChI=1S/C15H21N5O2S/c1-3-11(13-5-4-8-23-13)17-15(21)20-6-7-22-12(9-20)14-18-16-10-19(14)2/h4-5,8,10-12H,3,6-7,9H2,1-2H3,(H,17,21)/t11-,12-/m0/s1. The summed E-state index contributed by atoms with van der Waals surface area (Å²) in [5.74, 6) is 0.743. The van der Waals surface area contributed by atoms with E-state index in [1.54, 1.807) is 22.6 Å². The molecule has 0 unspecified atom stereocenters. The fraction of sp³-hybridized carbons (Fsp3) is 0.533. The van der Waals surface area contributed by atoms with Crippen LogP contribution in [0.15, 0.2) is 23.8 Å². The number of hydrogen-bond acceptors (Lipinski definition) is 5. The van der Waals surface area contributed by atoms with Gasteiger partial charge in [-0.05, 0) is 17.9 Å². The van der Waals surface area contributed by atoms with Gasteiger partial charge >= 0.3 is 6.03 Å². The summed E-state index contributed by atoms with van der Waals surface area (Å²) in [5, 5.41) is 13.1. The summed E-state index contributed by atoms with van der Waals surface area (Å²) in [6, 6.07) is 4.06. The van der Waals surface area contributed by atoms with E-state index in [-0.39, 0.29) is 18.2 Å². The Morgan fingerprint density at radius 1 is 1.61 bits per heavy atom. The molecule has 1 aliphatic heterocycles. The van der Waals surface area contributed by atoms with Crippen molar-refractivity contribution < 1.29 is 9.53 Å². The number of ether oxygens (including phenoxy) is 1. The number of amides is 2. The van der Waals surface area contributed by atoms with E-state index in [1.165, 1.54) is 4.88 Å². The molecule has 3 rings (SSSR count). The normalized spacial score (nSPS) is 19.6. The highest BCUT2D eigenvalue weighted by atomic mass is 32.1. The lowest BCUT2D eigenvalue weighted by Crippen LogP contribution is -2.48. The lowest BCUT2D eigenvalue weighted by molar-refractivity contribution is -0.0217. The first-order valence-corrected chi connectivity index (χ1v) is 8.61. The molecule has 7 nitrogen and oxygen atoms in total. The van der Waals surface area contributed by atoms with Gasteiger partial charge in [0.15, 0.2) is 5.82 Å². The number of carbonyl (C=O) groups is 1. The minimum absolute atomic E-state index is 0.0543. The third kappa shape index (κ3) is 3.53. The fourth-order valence-electron chi connectivity index (χ4n) is 2.68.